The Hall–Kier alpha value is -2.12. The predicted molar refractivity (Wildman–Crippen MR) is 69.8 cm³/mol. The first-order valence-electron chi connectivity index (χ1n) is 5.25. The lowest BCUT2D eigenvalue weighted by atomic mass is 10.0. The van der Waals surface area contributed by atoms with Gasteiger partial charge in [0.1, 0.15) is 10.6 Å². The number of phenols is 1. The van der Waals surface area contributed by atoms with Crippen LogP contribution in [0.4, 0.5) is 5.69 Å². The first-order valence-corrected chi connectivity index (χ1v) is 6.69. The Morgan fingerprint density at radius 1 is 1.21 bits per heavy atom. The third-order valence-electron chi connectivity index (χ3n) is 2.80. The van der Waals surface area contributed by atoms with E-state index in [1.54, 1.807) is 0 Å². The van der Waals surface area contributed by atoms with Crippen LogP contribution in [0.25, 0.3) is 10.8 Å². The van der Waals surface area contributed by atoms with Gasteiger partial charge in [0.25, 0.3) is 10.1 Å². The lowest BCUT2D eigenvalue weighted by molar-refractivity contribution is 0.101. The van der Waals surface area contributed by atoms with Crippen LogP contribution in [-0.2, 0) is 10.1 Å². The molecule has 2 aromatic carbocycles. The molecule has 19 heavy (non-hydrogen) atoms. The minimum atomic E-state index is -4.53. The van der Waals surface area contributed by atoms with Crippen LogP contribution < -0.4 is 5.73 Å². The summed E-state index contributed by atoms with van der Waals surface area (Å²) in [5, 5.41) is 10.3. The second kappa shape index (κ2) is 4.22. The maximum atomic E-state index is 11.3. The van der Waals surface area contributed by atoms with Crippen LogP contribution in [0.3, 0.4) is 0 Å². The smallest absolute Gasteiger partial charge is 0.296 e. The number of Topliss-reactive ketones (excluding diaryl/α,β-unsaturated/α-hetero) is 1. The number of fused-ring (bicyclic) bond motifs is 1. The highest BCUT2D eigenvalue weighted by molar-refractivity contribution is 7.86. The summed E-state index contributed by atoms with van der Waals surface area (Å²) in [5.74, 6) is -0.571. The van der Waals surface area contributed by atoms with Crippen molar-refractivity contribution in [2.75, 3.05) is 5.73 Å². The van der Waals surface area contributed by atoms with Gasteiger partial charge in [0.15, 0.2) is 5.78 Å². The molecule has 0 fully saturated rings. The molecule has 0 amide bonds. The number of nitrogens with two attached hydrogens (primary N) is 1. The van der Waals surface area contributed by atoms with Crippen molar-refractivity contribution in [2.24, 2.45) is 0 Å². The Bertz CT molecular complexity index is 795. The van der Waals surface area contributed by atoms with Gasteiger partial charge in [-0.3, -0.25) is 9.35 Å². The largest absolute Gasteiger partial charge is 0.507 e. The van der Waals surface area contributed by atoms with Gasteiger partial charge < -0.3 is 10.8 Å². The number of anilines is 1. The van der Waals surface area contributed by atoms with E-state index in [1.807, 2.05) is 0 Å². The lowest BCUT2D eigenvalue weighted by Gasteiger charge is -2.09. The van der Waals surface area contributed by atoms with Crippen LogP contribution in [-0.4, -0.2) is 23.9 Å². The number of hydrogen-bond acceptors (Lipinski definition) is 5. The van der Waals surface area contributed by atoms with Gasteiger partial charge in [-0.25, -0.2) is 0 Å². The molecule has 0 saturated heterocycles. The van der Waals surface area contributed by atoms with Crippen molar-refractivity contribution in [3.05, 3.63) is 29.8 Å². The average Bonchev–Trinajstić information content (AvgIpc) is 2.31. The number of aromatic hydroxyl groups is 1. The number of phenolic OH excluding ortho intramolecular Hbond substituents is 1. The van der Waals surface area contributed by atoms with Crippen molar-refractivity contribution >= 4 is 32.4 Å². The number of carbonyl (C=O) groups excluding carboxylic acids is 1. The normalized spacial score (nSPS) is 11.7. The summed E-state index contributed by atoms with van der Waals surface area (Å²) in [6, 6.07) is 5.16. The zero-order chi connectivity index (χ0) is 14.4. The van der Waals surface area contributed by atoms with Gasteiger partial charge in [-0.15, -0.1) is 0 Å². The Kier molecular flexibility index (Phi) is 2.95. The third-order valence-corrected chi connectivity index (χ3v) is 3.70. The second-order valence-electron chi connectivity index (χ2n) is 4.10. The molecule has 0 unspecified atom stereocenters. The molecular formula is C12H11NO5S. The zero-order valence-corrected chi connectivity index (χ0v) is 10.7. The molecule has 2 aromatic rings. The highest BCUT2D eigenvalue weighted by Gasteiger charge is 2.19. The number of benzene rings is 2. The fourth-order valence-corrected chi connectivity index (χ4v) is 2.48. The molecule has 0 saturated carbocycles. The molecule has 0 radical (unpaired) electrons. The van der Waals surface area contributed by atoms with E-state index in [9.17, 15) is 18.3 Å². The Morgan fingerprint density at radius 2 is 1.84 bits per heavy atom. The van der Waals surface area contributed by atoms with Crippen molar-refractivity contribution < 1.29 is 22.9 Å². The Labute approximate surface area is 109 Å². The van der Waals surface area contributed by atoms with Gasteiger partial charge in [0.2, 0.25) is 0 Å². The van der Waals surface area contributed by atoms with Crippen LogP contribution in [0.1, 0.15) is 17.3 Å². The van der Waals surface area contributed by atoms with Gasteiger partial charge in [0.05, 0.1) is 5.69 Å². The van der Waals surface area contributed by atoms with E-state index in [2.05, 4.69) is 0 Å². The summed E-state index contributed by atoms with van der Waals surface area (Å²) < 4.78 is 31.3. The van der Waals surface area contributed by atoms with Crippen LogP contribution in [0.2, 0.25) is 0 Å². The molecule has 0 aliphatic carbocycles. The molecular weight excluding hydrogens is 270 g/mol. The molecule has 0 aliphatic heterocycles. The second-order valence-corrected chi connectivity index (χ2v) is 5.49. The summed E-state index contributed by atoms with van der Waals surface area (Å²) in [6.45, 7) is 1.37. The highest BCUT2D eigenvalue weighted by atomic mass is 32.2. The quantitative estimate of drug-likeness (QED) is 0.333. The van der Waals surface area contributed by atoms with Gasteiger partial charge >= 0.3 is 0 Å². The molecule has 0 aromatic heterocycles. The summed E-state index contributed by atoms with van der Waals surface area (Å²) in [5.41, 5.74) is 5.85. The lowest BCUT2D eigenvalue weighted by Crippen LogP contribution is -2.04. The Morgan fingerprint density at radius 3 is 2.37 bits per heavy atom. The Balaban J connectivity index is 2.89. The molecule has 0 heterocycles. The SMILES string of the molecule is CC(=O)c1ccc2c(N)c(S(=O)(=O)O)cc(O)c2c1. The van der Waals surface area contributed by atoms with E-state index in [1.165, 1.54) is 25.1 Å². The molecule has 0 spiro atoms. The number of nitrogen functional groups attached to an aromatic ring is 1. The maximum Gasteiger partial charge on any atom is 0.296 e. The van der Waals surface area contributed by atoms with Crippen LogP contribution in [0.5, 0.6) is 5.75 Å². The van der Waals surface area contributed by atoms with E-state index in [0.717, 1.165) is 6.07 Å². The molecule has 2 rings (SSSR count). The van der Waals surface area contributed by atoms with E-state index in [4.69, 9.17) is 10.3 Å². The maximum absolute atomic E-state index is 11.3. The topological polar surface area (TPSA) is 118 Å². The van der Waals surface area contributed by atoms with Crippen molar-refractivity contribution in [3.8, 4) is 5.75 Å². The first kappa shape index (κ1) is 13.3. The fraction of sp³-hybridized carbons (Fsp3) is 0.0833. The van der Waals surface area contributed by atoms with E-state index < -0.39 is 15.0 Å². The van der Waals surface area contributed by atoms with Crippen molar-refractivity contribution in [3.63, 3.8) is 0 Å². The highest BCUT2D eigenvalue weighted by Crippen LogP contribution is 2.35. The standard InChI is InChI=1S/C12H11NO5S/c1-6(14)7-2-3-8-9(4-7)10(15)5-11(12(8)13)19(16,17)18/h2-5,15H,13H2,1H3,(H,16,17,18). The van der Waals surface area contributed by atoms with E-state index in [-0.39, 0.29) is 28.0 Å². The number of ketones is 1. The number of hydrogen-bond donors (Lipinski definition) is 3. The minimum Gasteiger partial charge on any atom is -0.507 e. The molecule has 6 nitrogen and oxygen atoms in total. The van der Waals surface area contributed by atoms with Gasteiger partial charge in [-0.1, -0.05) is 12.1 Å². The first-order chi connectivity index (χ1) is 8.71. The van der Waals surface area contributed by atoms with Crippen LogP contribution >= 0.6 is 0 Å². The summed E-state index contributed by atoms with van der Waals surface area (Å²) >= 11 is 0. The van der Waals surface area contributed by atoms with Crippen molar-refractivity contribution in [1.82, 2.24) is 0 Å². The third kappa shape index (κ3) is 2.25. The monoisotopic (exact) mass is 281 g/mol. The minimum absolute atomic E-state index is 0.176. The van der Waals surface area contributed by atoms with Crippen molar-refractivity contribution in [2.45, 2.75) is 11.8 Å². The number of carbonyl (C=O) groups is 1. The van der Waals surface area contributed by atoms with E-state index in [0.29, 0.717) is 5.56 Å². The van der Waals surface area contributed by atoms with Gasteiger partial charge in [-0.05, 0) is 13.0 Å². The molecule has 100 valence electrons. The molecule has 0 aliphatic rings. The summed E-state index contributed by atoms with van der Waals surface area (Å²) in [4.78, 5) is 10.7. The molecule has 0 bridgehead atoms. The van der Waals surface area contributed by atoms with Gasteiger partial charge in [-0.2, -0.15) is 8.42 Å². The van der Waals surface area contributed by atoms with Crippen LogP contribution in [0.15, 0.2) is 29.2 Å². The summed E-state index contributed by atoms with van der Waals surface area (Å²) in [6.07, 6.45) is 0. The van der Waals surface area contributed by atoms with E-state index >= 15 is 0 Å². The van der Waals surface area contributed by atoms with Crippen LogP contribution in [0, 0.1) is 0 Å². The molecule has 7 heteroatoms. The zero-order valence-electron chi connectivity index (χ0n) is 9.91. The average molecular weight is 281 g/mol. The molecule has 4 N–H and O–H groups in total. The predicted octanol–water partition coefficient (Wildman–Crippen LogP) is 1.58. The number of rotatable bonds is 2. The fourth-order valence-electron chi connectivity index (χ4n) is 1.84. The molecule has 0 atom stereocenters. The van der Waals surface area contributed by atoms with Crippen molar-refractivity contribution in [1.29, 1.82) is 0 Å². The van der Waals surface area contributed by atoms with Gasteiger partial charge in [0, 0.05) is 22.4 Å². The summed E-state index contributed by atoms with van der Waals surface area (Å²) in [7, 11) is -4.53.